The molecular weight excluding hydrogens is 480 g/mol. The van der Waals surface area contributed by atoms with Crippen LogP contribution in [0.1, 0.15) is 15.9 Å². The van der Waals surface area contributed by atoms with Gasteiger partial charge in [-0.25, -0.2) is 5.01 Å². The summed E-state index contributed by atoms with van der Waals surface area (Å²) in [5, 5.41) is 13.4. The van der Waals surface area contributed by atoms with Crippen LogP contribution in [-0.2, 0) is 4.79 Å². The van der Waals surface area contributed by atoms with Crippen molar-refractivity contribution in [2.75, 3.05) is 10.0 Å². The van der Waals surface area contributed by atoms with E-state index in [-0.39, 0.29) is 16.7 Å². The Morgan fingerprint density at radius 2 is 1.14 bits per heavy atom. The van der Waals surface area contributed by atoms with Crippen LogP contribution in [0.4, 0.5) is 11.4 Å². The molecule has 0 saturated heterocycles. The highest BCUT2D eigenvalue weighted by molar-refractivity contribution is 8.19. The van der Waals surface area contributed by atoms with Gasteiger partial charge in [-0.3, -0.25) is 9.59 Å². The molecule has 2 aliphatic rings. The minimum atomic E-state index is -0.280. The van der Waals surface area contributed by atoms with Gasteiger partial charge in [0, 0.05) is 11.1 Å². The molecule has 1 amide bonds. The van der Waals surface area contributed by atoms with Crippen LogP contribution in [0.3, 0.4) is 0 Å². The Morgan fingerprint density at radius 3 is 1.73 bits per heavy atom. The van der Waals surface area contributed by atoms with Crippen LogP contribution in [0.2, 0.25) is 0 Å². The third-order valence-corrected chi connectivity index (χ3v) is 6.94. The molecule has 0 radical (unpaired) electrons. The van der Waals surface area contributed by atoms with E-state index in [9.17, 15) is 9.59 Å². The molecule has 6 nitrogen and oxygen atoms in total. The number of hydrogen-bond acceptors (Lipinski definition) is 6. The molecule has 178 valence electrons. The molecule has 6 rings (SSSR count). The number of Topliss-reactive ketones (excluding diaryl/α,β-unsaturated/α-hetero) is 1. The van der Waals surface area contributed by atoms with Crippen LogP contribution in [0.5, 0.6) is 0 Å². The zero-order valence-electron chi connectivity index (χ0n) is 19.6. The predicted octanol–water partition coefficient (Wildman–Crippen LogP) is 6.10. The van der Waals surface area contributed by atoms with Crippen molar-refractivity contribution < 1.29 is 9.59 Å². The molecule has 0 fully saturated rings. The second kappa shape index (κ2) is 9.72. The van der Waals surface area contributed by atoms with Crippen molar-refractivity contribution in [2.45, 2.75) is 0 Å². The summed E-state index contributed by atoms with van der Waals surface area (Å²) in [5.74, 6) is -0.484. The highest BCUT2D eigenvalue weighted by Gasteiger charge is 2.40. The minimum Gasteiger partial charge on any atom is -0.286 e. The molecule has 4 aromatic rings. The van der Waals surface area contributed by atoms with Gasteiger partial charge in [-0.15, -0.1) is 0 Å². The van der Waals surface area contributed by atoms with Crippen molar-refractivity contribution in [3.63, 3.8) is 0 Å². The topological polar surface area (TPSA) is 65.3 Å². The first-order valence-electron chi connectivity index (χ1n) is 11.7. The zero-order valence-corrected chi connectivity index (χ0v) is 20.4. The maximum Gasteiger partial charge on any atom is 0.283 e. The fourth-order valence-electron chi connectivity index (χ4n) is 4.13. The third kappa shape index (κ3) is 4.26. The van der Waals surface area contributed by atoms with Gasteiger partial charge in [-0.1, -0.05) is 97.1 Å². The Morgan fingerprint density at radius 1 is 0.622 bits per heavy atom. The molecule has 0 atom stereocenters. The molecule has 0 bridgehead atoms. The van der Waals surface area contributed by atoms with Crippen LogP contribution in [0, 0.1) is 0 Å². The van der Waals surface area contributed by atoms with Crippen molar-refractivity contribution in [1.82, 2.24) is 0 Å². The minimum absolute atomic E-state index is 0.203. The van der Waals surface area contributed by atoms with Gasteiger partial charge in [0.2, 0.25) is 5.78 Å². The standard InChI is InChI=1S/C30H20N4O2S/c35-27(22-15-7-2-8-16-22)28-32-34(24-19-11-4-12-20-24)30(37-28)25-26(21-13-5-1-6-14-21)31-33(29(25)36)23-17-9-3-10-18-23/h1-20H. The summed E-state index contributed by atoms with van der Waals surface area (Å²) in [7, 11) is 0. The van der Waals surface area contributed by atoms with Crippen LogP contribution in [0.25, 0.3) is 0 Å². The number of benzene rings is 4. The van der Waals surface area contributed by atoms with E-state index in [0.717, 1.165) is 11.3 Å². The van der Waals surface area contributed by atoms with Gasteiger partial charge in [-0.2, -0.15) is 15.2 Å². The summed E-state index contributed by atoms with van der Waals surface area (Å²) < 4.78 is 0. The SMILES string of the molecule is O=C(C1=NN(c2ccccc2)C(=C2C(=O)N(c3ccccc3)N=C2c2ccccc2)S1)c1ccccc1. The molecule has 0 unspecified atom stereocenters. The average Bonchev–Trinajstić information content (AvgIpc) is 3.56. The molecule has 2 aliphatic heterocycles. The monoisotopic (exact) mass is 500 g/mol. The fourth-order valence-corrected chi connectivity index (χ4v) is 5.17. The van der Waals surface area contributed by atoms with Gasteiger partial charge in [0.25, 0.3) is 5.91 Å². The quantitative estimate of drug-likeness (QED) is 0.245. The van der Waals surface area contributed by atoms with Gasteiger partial charge in [-0.05, 0) is 36.0 Å². The number of nitrogens with zero attached hydrogens (tertiary/aromatic N) is 4. The number of ketones is 1. The maximum atomic E-state index is 14.0. The molecule has 37 heavy (non-hydrogen) atoms. The number of hydrogen-bond donors (Lipinski definition) is 0. The van der Waals surface area contributed by atoms with Crippen molar-refractivity contribution in [1.29, 1.82) is 0 Å². The molecular formula is C30H20N4O2S. The molecule has 0 saturated carbocycles. The Kier molecular flexibility index (Phi) is 5.96. The Labute approximate surface area is 218 Å². The van der Waals surface area contributed by atoms with E-state index >= 15 is 0 Å². The zero-order chi connectivity index (χ0) is 25.2. The van der Waals surface area contributed by atoms with E-state index in [2.05, 4.69) is 0 Å². The molecule has 0 aliphatic carbocycles. The van der Waals surface area contributed by atoms with Gasteiger partial charge in [0.15, 0.2) is 5.04 Å². The molecule has 4 aromatic carbocycles. The Bertz CT molecular complexity index is 1570. The normalized spacial score (nSPS) is 17.1. The molecule has 7 heteroatoms. The lowest BCUT2D eigenvalue weighted by Gasteiger charge is -2.18. The van der Waals surface area contributed by atoms with Gasteiger partial charge in [0.1, 0.15) is 16.3 Å². The van der Waals surface area contributed by atoms with Gasteiger partial charge < -0.3 is 0 Å². The lowest BCUT2D eigenvalue weighted by Crippen LogP contribution is -2.24. The number of thioether (sulfide) groups is 1. The van der Waals surface area contributed by atoms with Crippen molar-refractivity contribution in [3.8, 4) is 0 Å². The number of carbonyl (C=O) groups excluding carboxylic acids is 2. The van der Waals surface area contributed by atoms with Crippen molar-refractivity contribution >= 4 is 45.6 Å². The van der Waals surface area contributed by atoms with E-state index in [1.807, 2.05) is 109 Å². The second-order valence-corrected chi connectivity index (χ2v) is 9.27. The highest BCUT2D eigenvalue weighted by atomic mass is 32.2. The van der Waals surface area contributed by atoms with Crippen molar-refractivity contribution in [3.05, 3.63) is 143 Å². The fraction of sp³-hybridized carbons (Fsp3) is 0. The van der Waals surface area contributed by atoms with Crippen molar-refractivity contribution in [2.24, 2.45) is 10.2 Å². The Hall–Kier alpha value is -4.75. The average molecular weight is 501 g/mol. The number of rotatable bonds is 5. The molecule has 0 N–H and O–H groups in total. The Balaban J connectivity index is 1.52. The summed E-state index contributed by atoms with van der Waals surface area (Å²) in [4.78, 5) is 27.4. The summed E-state index contributed by atoms with van der Waals surface area (Å²) in [5.41, 5.74) is 3.66. The number of anilines is 2. The lowest BCUT2D eigenvalue weighted by molar-refractivity contribution is -0.114. The van der Waals surface area contributed by atoms with Gasteiger partial charge in [0.05, 0.1) is 11.4 Å². The summed E-state index contributed by atoms with van der Waals surface area (Å²) >= 11 is 1.19. The van der Waals surface area contributed by atoms with Gasteiger partial charge >= 0.3 is 0 Å². The number of carbonyl (C=O) groups is 2. The van der Waals surface area contributed by atoms with E-state index in [4.69, 9.17) is 10.2 Å². The van der Waals surface area contributed by atoms with E-state index in [1.54, 1.807) is 17.1 Å². The summed E-state index contributed by atoms with van der Waals surface area (Å²) in [6.45, 7) is 0. The second-order valence-electron chi connectivity index (χ2n) is 8.30. The maximum absolute atomic E-state index is 14.0. The van der Waals surface area contributed by atoms with E-state index < -0.39 is 0 Å². The third-order valence-electron chi connectivity index (χ3n) is 5.91. The molecule has 0 spiro atoms. The smallest absolute Gasteiger partial charge is 0.283 e. The largest absolute Gasteiger partial charge is 0.286 e. The van der Waals surface area contributed by atoms with Crippen LogP contribution in [0.15, 0.2) is 142 Å². The first-order chi connectivity index (χ1) is 18.2. The van der Waals surface area contributed by atoms with Crippen LogP contribution < -0.4 is 10.0 Å². The molecule has 2 heterocycles. The number of amides is 1. The van der Waals surface area contributed by atoms with Crippen LogP contribution in [-0.4, -0.2) is 22.4 Å². The first kappa shape index (κ1) is 22.7. The van der Waals surface area contributed by atoms with E-state index in [1.165, 1.54) is 16.8 Å². The van der Waals surface area contributed by atoms with E-state index in [0.29, 0.717) is 27.6 Å². The number of para-hydroxylation sites is 2. The predicted molar refractivity (Wildman–Crippen MR) is 149 cm³/mol. The number of hydrazone groups is 2. The summed E-state index contributed by atoms with van der Waals surface area (Å²) in [6, 6.07) is 37.4. The van der Waals surface area contributed by atoms with Crippen LogP contribution >= 0.6 is 11.8 Å². The molecule has 0 aromatic heterocycles. The summed E-state index contributed by atoms with van der Waals surface area (Å²) in [6.07, 6.45) is 0. The lowest BCUT2D eigenvalue weighted by atomic mass is 10.0. The first-order valence-corrected chi connectivity index (χ1v) is 12.5. The highest BCUT2D eigenvalue weighted by Crippen LogP contribution is 2.41.